The lowest BCUT2D eigenvalue weighted by Crippen LogP contribution is -2.41. The smallest absolute Gasteiger partial charge is 0.335 e. The number of primary amides is 1. The maximum absolute atomic E-state index is 12.8. The zero-order valence-corrected chi connectivity index (χ0v) is 17.0. The Hall–Kier alpha value is -4.07. The number of aromatic nitrogens is 1. The van der Waals surface area contributed by atoms with Crippen LogP contribution in [0.2, 0.25) is 0 Å². The lowest BCUT2D eigenvalue weighted by atomic mass is 10.0. The van der Waals surface area contributed by atoms with Crippen molar-refractivity contribution in [1.82, 2.24) is 9.47 Å². The highest BCUT2D eigenvalue weighted by Gasteiger charge is 2.30. The van der Waals surface area contributed by atoms with Crippen LogP contribution >= 0.6 is 0 Å². The number of hydrogen-bond donors (Lipinski definition) is 3. The van der Waals surface area contributed by atoms with Crippen LogP contribution in [0.4, 0.5) is 10.5 Å². The van der Waals surface area contributed by atoms with E-state index >= 15 is 0 Å². The SMILES string of the molecule is Cc1c(C(N)=O)c2n(c1-c1ccccc1)CCN(C(=O)Nc1cccc(C(=O)O)c1)C2. The fourth-order valence-corrected chi connectivity index (χ4v) is 4.10. The third kappa shape index (κ3) is 3.75. The summed E-state index contributed by atoms with van der Waals surface area (Å²) < 4.78 is 2.06. The van der Waals surface area contributed by atoms with Gasteiger partial charge in [0.05, 0.1) is 29.1 Å². The number of hydrogen-bond acceptors (Lipinski definition) is 3. The zero-order valence-electron chi connectivity index (χ0n) is 17.0. The number of benzene rings is 2. The van der Waals surface area contributed by atoms with Gasteiger partial charge >= 0.3 is 12.0 Å². The van der Waals surface area contributed by atoms with Crippen LogP contribution in [-0.4, -0.2) is 39.0 Å². The molecule has 1 aliphatic rings. The molecule has 2 heterocycles. The van der Waals surface area contributed by atoms with E-state index in [-0.39, 0.29) is 18.1 Å². The third-order valence-corrected chi connectivity index (χ3v) is 5.49. The summed E-state index contributed by atoms with van der Waals surface area (Å²) in [4.78, 5) is 37.8. The Balaban J connectivity index is 1.64. The summed E-state index contributed by atoms with van der Waals surface area (Å²) in [6.45, 7) is 3.03. The average Bonchev–Trinajstić information content (AvgIpc) is 3.05. The van der Waals surface area contributed by atoms with Crippen molar-refractivity contribution >= 4 is 23.6 Å². The van der Waals surface area contributed by atoms with Crippen molar-refractivity contribution in [2.24, 2.45) is 5.73 Å². The molecule has 4 N–H and O–H groups in total. The van der Waals surface area contributed by atoms with Crippen LogP contribution in [0, 0.1) is 6.92 Å². The quantitative estimate of drug-likeness (QED) is 0.602. The van der Waals surface area contributed by atoms with Gasteiger partial charge in [0.1, 0.15) is 0 Å². The lowest BCUT2D eigenvalue weighted by Gasteiger charge is -2.30. The van der Waals surface area contributed by atoms with E-state index < -0.39 is 11.9 Å². The number of urea groups is 1. The molecule has 3 aromatic rings. The molecule has 8 heteroatoms. The minimum Gasteiger partial charge on any atom is -0.478 e. The first-order chi connectivity index (χ1) is 14.9. The summed E-state index contributed by atoms with van der Waals surface area (Å²) >= 11 is 0. The minimum absolute atomic E-state index is 0.0875. The fraction of sp³-hybridized carbons (Fsp3) is 0.174. The van der Waals surface area contributed by atoms with Gasteiger partial charge in [-0.3, -0.25) is 4.79 Å². The number of amides is 3. The Bertz CT molecular complexity index is 1180. The van der Waals surface area contributed by atoms with Crippen molar-refractivity contribution in [1.29, 1.82) is 0 Å². The predicted octanol–water partition coefficient (Wildman–Crippen LogP) is 3.31. The first-order valence-corrected chi connectivity index (χ1v) is 9.83. The summed E-state index contributed by atoms with van der Waals surface area (Å²) in [5.41, 5.74) is 10.0. The van der Waals surface area contributed by atoms with Gasteiger partial charge in [0.2, 0.25) is 0 Å². The van der Waals surface area contributed by atoms with Gasteiger partial charge in [-0.15, -0.1) is 0 Å². The molecule has 0 fully saturated rings. The van der Waals surface area contributed by atoms with Gasteiger partial charge in [0, 0.05) is 18.8 Å². The zero-order chi connectivity index (χ0) is 22.1. The molecular formula is C23H22N4O4. The minimum atomic E-state index is -1.07. The molecule has 8 nitrogen and oxygen atoms in total. The second-order valence-electron chi connectivity index (χ2n) is 7.41. The number of carboxylic acids is 1. The van der Waals surface area contributed by atoms with E-state index in [1.807, 2.05) is 37.3 Å². The molecule has 0 saturated carbocycles. The Morgan fingerprint density at radius 3 is 2.45 bits per heavy atom. The summed E-state index contributed by atoms with van der Waals surface area (Å²) in [5.74, 6) is -1.60. The van der Waals surface area contributed by atoms with Gasteiger partial charge < -0.3 is 25.6 Å². The largest absolute Gasteiger partial charge is 0.478 e. The van der Waals surface area contributed by atoms with E-state index in [4.69, 9.17) is 10.8 Å². The van der Waals surface area contributed by atoms with Crippen molar-refractivity contribution in [2.45, 2.75) is 20.0 Å². The monoisotopic (exact) mass is 418 g/mol. The molecule has 158 valence electrons. The van der Waals surface area contributed by atoms with E-state index in [1.54, 1.807) is 17.0 Å². The summed E-state index contributed by atoms with van der Waals surface area (Å²) in [6.07, 6.45) is 0. The number of carbonyl (C=O) groups is 3. The highest BCUT2D eigenvalue weighted by Crippen LogP contribution is 2.34. The summed E-state index contributed by atoms with van der Waals surface area (Å²) in [5, 5.41) is 11.9. The van der Waals surface area contributed by atoms with E-state index in [0.29, 0.717) is 30.0 Å². The molecule has 4 rings (SSSR count). The molecule has 0 atom stereocenters. The van der Waals surface area contributed by atoms with Crippen molar-refractivity contribution in [3.63, 3.8) is 0 Å². The van der Waals surface area contributed by atoms with Crippen LogP contribution in [0.25, 0.3) is 11.3 Å². The number of anilines is 1. The second-order valence-corrected chi connectivity index (χ2v) is 7.41. The van der Waals surface area contributed by atoms with E-state index in [0.717, 1.165) is 16.8 Å². The topological polar surface area (TPSA) is 118 Å². The predicted molar refractivity (Wildman–Crippen MR) is 116 cm³/mol. The number of nitrogens with two attached hydrogens (primary N) is 1. The molecule has 1 aliphatic heterocycles. The normalized spacial score (nSPS) is 12.9. The first kappa shape index (κ1) is 20.2. The van der Waals surface area contributed by atoms with Crippen LogP contribution < -0.4 is 11.1 Å². The molecule has 0 spiro atoms. The fourth-order valence-electron chi connectivity index (χ4n) is 4.10. The summed E-state index contributed by atoms with van der Waals surface area (Å²) in [7, 11) is 0. The molecular weight excluding hydrogens is 396 g/mol. The van der Waals surface area contributed by atoms with Crippen molar-refractivity contribution in [2.75, 3.05) is 11.9 Å². The van der Waals surface area contributed by atoms with Crippen LogP contribution in [0.1, 0.15) is 32.0 Å². The van der Waals surface area contributed by atoms with Crippen LogP contribution in [0.15, 0.2) is 54.6 Å². The average molecular weight is 418 g/mol. The number of nitrogens with one attached hydrogen (secondary N) is 1. The van der Waals surface area contributed by atoms with Gasteiger partial charge in [-0.05, 0) is 36.2 Å². The highest BCUT2D eigenvalue weighted by atomic mass is 16.4. The van der Waals surface area contributed by atoms with E-state index in [1.165, 1.54) is 12.1 Å². The van der Waals surface area contributed by atoms with Gasteiger partial charge in [0.25, 0.3) is 5.91 Å². The Morgan fingerprint density at radius 1 is 1.03 bits per heavy atom. The maximum Gasteiger partial charge on any atom is 0.335 e. The van der Waals surface area contributed by atoms with Gasteiger partial charge in [0.15, 0.2) is 0 Å². The molecule has 0 radical (unpaired) electrons. The third-order valence-electron chi connectivity index (χ3n) is 5.49. The number of nitrogens with zero attached hydrogens (tertiary/aromatic N) is 2. The molecule has 0 bridgehead atoms. The molecule has 0 unspecified atom stereocenters. The van der Waals surface area contributed by atoms with Gasteiger partial charge in [-0.2, -0.15) is 0 Å². The molecule has 0 aliphatic carbocycles. The lowest BCUT2D eigenvalue weighted by molar-refractivity contribution is 0.0696. The highest BCUT2D eigenvalue weighted by molar-refractivity contribution is 5.98. The van der Waals surface area contributed by atoms with Gasteiger partial charge in [-0.25, -0.2) is 9.59 Å². The standard InChI is InChI=1S/C23H22N4O4/c1-14-19(21(24)28)18-13-26(10-11-27(18)20(14)15-6-3-2-4-7-15)23(31)25-17-9-5-8-16(12-17)22(29)30/h2-9,12H,10-11,13H2,1H3,(H2,24,28)(H,25,31)(H,29,30). The molecule has 0 saturated heterocycles. The maximum atomic E-state index is 12.8. The Labute approximate surface area is 178 Å². The number of carbonyl (C=O) groups excluding carboxylic acids is 2. The molecule has 31 heavy (non-hydrogen) atoms. The van der Waals surface area contributed by atoms with Crippen molar-refractivity contribution < 1.29 is 19.5 Å². The first-order valence-electron chi connectivity index (χ1n) is 9.83. The van der Waals surface area contributed by atoms with Crippen LogP contribution in [-0.2, 0) is 13.1 Å². The number of rotatable bonds is 4. The number of carboxylic acid groups (broad SMARTS) is 1. The number of aromatic carboxylic acids is 1. The van der Waals surface area contributed by atoms with Crippen LogP contribution in [0.3, 0.4) is 0 Å². The van der Waals surface area contributed by atoms with Gasteiger partial charge in [-0.1, -0.05) is 36.4 Å². The van der Waals surface area contributed by atoms with E-state index in [9.17, 15) is 14.4 Å². The van der Waals surface area contributed by atoms with Crippen LogP contribution in [0.5, 0.6) is 0 Å². The second kappa shape index (κ2) is 7.98. The van der Waals surface area contributed by atoms with Crippen molar-refractivity contribution in [3.05, 3.63) is 77.0 Å². The van der Waals surface area contributed by atoms with E-state index in [2.05, 4.69) is 9.88 Å². The number of fused-ring (bicyclic) bond motifs is 1. The molecule has 3 amide bonds. The Morgan fingerprint density at radius 2 is 1.77 bits per heavy atom. The molecule has 2 aromatic carbocycles. The summed E-state index contributed by atoms with van der Waals surface area (Å²) in [6, 6.07) is 15.5. The van der Waals surface area contributed by atoms with Crippen molar-refractivity contribution in [3.8, 4) is 11.3 Å². The Kier molecular flexibility index (Phi) is 5.21. The molecule has 1 aromatic heterocycles.